The normalized spacial score (nSPS) is 25.9. The Balaban J connectivity index is 2.08. The number of rotatable bonds is 0. The predicted molar refractivity (Wildman–Crippen MR) is 75.4 cm³/mol. The van der Waals surface area contributed by atoms with Gasteiger partial charge in [-0.1, -0.05) is 36.4 Å². The highest BCUT2D eigenvalue weighted by molar-refractivity contribution is 6.14. The lowest BCUT2D eigenvalue weighted by molar-refractivity contribution is 0.0982. The number of nitrogens with zero attached hydrogens (tertiary/aromatic N) is 2. The average Bonchev–Trinajstić information content (AvgIpc) is 2.87. The van der Waals surface area contributed by atoms with Gasteiger partial charge in [0.15, 0.2) is 0 Å². The number of hydrogen-bond acceptors (Lipinski definition) is 2. The van der Waals surface area contributed by atoms with Crippen molar-refractivity contribution >= 4 is 11.6 Å². The van der Waals surface area contributed by atoms with Gasteiger partial charge in [0.2, 0.25) is 0 Å². The van der Waals surface area contributed by atoms with E-state index in [4.69, 9.17) is 0 Å². The maximum atomic E-state index is 12.7. The minimum absolute atomic E-state index is 0.00620. The van der Waals surface area contributed by atoms with Gasteiger partial charge >= 0.3 is 0 Å². The van der Waals surface area contributed by atoms with Crippen LogP contribution >= 0.6 is 0 Å². The number of para-hydroxylation sites is 1. The molecule has 0 N–H and O–H groups in total. The largest absolute Gasteiger partial charge is 0.296 e. The second-order valence-corrected chi connectivity index (χ2v) is 5.45. The smallest absolute Gasteiger partial charge is 0.259 e. The first-order chi connectivity index (χ1) is 9.69. The van der Waals surface area contributed by atoms with Crippen LogP contribution in [0.2, 0.25) is 0 Å². The Morgan fingerprint density at radius 3 is 2.65 bits per heavy atom. The number of benzene rings is 2. The molecule has 0 saturated heterocycles. The molecule has 2 heterocycles. The van der Waals surface area contributed by atoms with Crippen LogP contribution in [0.1, 0.15) is 34.3 Å². The van der Waals surface area contributed by atoms with Gasteiger partial charge in [0.05, 0.1) is 11.6 Å². The van der Waals surface area contributed by atoms with Gasteiger partial charge < -0.3 is 0 Å². The first-order valence-electron chi connectivity index (χ1n) is 6.62. The zero-order valence-electron chi connectivity index (χ0n) is 11.0. The molecule has 2 aliphatic rings. The van der Waals surface area contributed by atoms with Gasteiger partial charge in [0.1, 0.15) is 5.92 Å². The van der Waals surface area contributed by atoms with Crippen molar-refractivity contribution in [2.45, 2.75) is 18.4 Å². The average molecular weight is 260 g/mol. The van der Waals surface area contributed by atoms with Crippen LogP contribution in [0.3, 0.4) is 0 Å². The minimum atomic E-state index is -0.591. The van der Waals surface area contributed by atoms with Crippen molar-refractivity contribution in [3.63, 3.8) is 0 Å². The quantitative estimate of drug-likeness (QED) is 0.730. The first-order valence-corrected chi connectivity index (χ1v) is 6.62. The Bertz CT molecular complexity index is 790. The van der Waals surface area contributed by atoms with Crippen LogP contribution in [0, 0.1) is 11.3 Å². The fraction of sp³-hybridized carbons (Fsp3) is 0.176. The summed E-state index contributed by atoms with van der Waals surface area (Å²) in [7, 11) is 0. The number of carbonyl (C=O) groups excluding carboxylic acids is 1. The van der Waals surface area contributed by atoms with E-state index in [9.17, 15) is 10.1 Å². The predicted octanol–water partition coefficient (Wildman–Crippen LogP) is 3.18. The van der Waals surface area contributed by atoms with Gasteiger partial charge in [0.25, 0.3) is 5.91 Å². The number of hydrogen-bond donors (Lipinski definition) is 0. The molecule has 0 bridgehead atoms. The van der Waals surface area contributed by atoms with Gasteiger partial charge in [-0.25, -0.2) is 0 Å². The molecule has 2 atom stereocenters. The third-order valence-corrected chi connectivity index (χ3v) is 4.55. The highest BCUT2D eigenvalue weighted by Crippen LogP contribution is 2.57. The summed E-state index contributed by atoms with van der Waals surface area (Å²) in [6.45, 7) is 1.99. The molecule has 20 heavy (non-hydrogen) atoms. The molecule has 2 aliphatic heterocycles. The zero-order chi connectivity index (χ0) is 13.9. The molecular formula is C17H12N2O. The summed E-state index contributed by atoms with van der Waals surface area (Å²) >= 11 is 0. The lowest BCUT2D eigenvalue weighted by Gasteiger charge is -2.31. The number of carbonyl (C=O) groups is 1. The van der Waals surface area contributed by atoms with E-state index in [0.29, 0.717) is 5.56 Å². The summed E-state index contributed by atoms with van der Waals surface area (Å²) in [4.78, 5) is 14.5. The highest BCUT2D eigenvalue weighted by Gasteiger charge is 2.57. The van der Waals surface area contributed by atoms with Gasteiger partial charge in [0, 0.05) is 11.3 Å². The van der Waals surface area contributed by atoms with Crippen LogP contribution in [0.25, 0.3) is 0 Å². The molecule has 1 amide bonds. The van der Waals surface area contributed by atoms with E-state index in [1.807, 2.05) is 55.5 Å². The van der Waals surface area contributed by atoms with Crippen molar-refractivity contribution in [1.29, 1.82) is 5.26 Å². The Kier molecular flexibility index (Phi) is 1.96. The van der Waals surface area contributed by atoms with Gasteiger partial charge in [-0.3, -0.25) is 9.69 Å². The fourth-order valence-corrected chi connectivity index (χ4v) is 3.64. The molecule has 2 aromatic carbocycles. The Hall–Kier alpha value is -2.60. The van der Waals surface area contributed by atoms with Crippen molar-refractivity contribution < 1.29 is 4.79 Å². The highest BCUT2D eigenvalue weighted by atomic mass is 16.2. The van der Waals surface area contributed by atoms with E-state index in [-0.39, 0.29) is 11.8 Å². The van der Waals surface area contributed by atoms with Crippen molar-refractivity contribution in [3.05, 3.63) is 65.2 Å². The molecule has 3 heteroatoms. The molecule has 0 fully saturated rings. The first kappa shape index (κ1) is 11.2. The molecule has 0 radical (unpaired) electrons. The second-order valence-electron chi connectivity index (χ2n) is 5.45. The van der Waals surface area contributed by atoms with Gasteiger partial charge in [-0.15, -0.1) is 0 Å². The van der Waals surface area contributed by atoms with E-state index >= 15 is 0 Å². The summed E-state index contributed by atoms with van der Waals surface area (Å²) in [5.74, 6) is -0.334. The van der Waals surface area contributed by atoms with Crippen molar-refractivity contribution in [1.82, 2.24) is 0 Å². The zero-order valence-corrected chi connectivity index (χ0v) is 11.0. The topological polar surface area (TPSA) is 44.1 Å². The molecule has 2 aromatic rings. The van der Waals surface area contributed by atoms with E-state index in [2.05, 4.69) is 6.07 Å². The Morgan fingerprint density at radius 1 is 1.15 bits per heavy atom. The van der Waals surface area contributed by atoms with E-state index in [1.165, 1.54) is 0 Å². The van der Waals surface area contributed by atoms with Crippen LogP contribution in [0.4, 0.5) is 5.69 Å². The summed E-state index contributed by atoms with van der Waals surface area (Å²) in [6, 6.07) is 17.7. The van der Waals surface area contributed by atoms with Crippen LogP contribution < -0.4 is 4.90 Å². The van der Waals surface area contributed by atoms with Crippen LogP contribution in [0.5, 0.6) is 0 Å². The third-order valence-electron chi connectivity index (χ3n) is 4.55. The second kappa shape index (κ2) is 3.49. The number of nitriles is 1. The van der Waals surface area contributed by atoms with E-state index < -0.39 is 5.54 Å². The summed E-state index contributed by atoms with van der Waals surface area (Å²) in [6.07, 6.45) is 0. The number of anilines is 1. The Morgan fingerprint density at radius 2 is 1.85 bits per heavy atom. The maximum Gasteiger partial charge on any atom is 0.259 e. The number of fused-ring (bicyclic) bond motifs is 5. The van der Waals surface area contributed by atoms with E-state index in [0.717, 1.165) is 16.8 Å². The lowest BCUT2D eigenvalue weighted by Crippen LogP contribution is -2.40. The molecule has 4 rings (SSSR count). The summed E-state index contributed by atoms with van der Waals surface area (Å²) in [5, 5.41) is 9.65. The van der Waals surface area contributed by atoms with Crippen molar-refractivity contribution in [2.75, 3.05) is 4.90 Å². The van der Waals surface area contributed by atoms with Crippen molar-refractivity contribution in [2.24, 2.45) is 0 Å². The maximum absolute atomic E-state index is 12.7. The Labute approximate surface area is 117 Å². The number of amides is 1. The lowest BCUT2D eigenvalue weighted by atomic mass is 9.80. The molecule has 0 saturated carbocycles. The molecule has 3 nitrogen and oxygen atoms in total. The molecule has 0 unspecified atom stereocenters. The standard InChI is InChI=1S/C17H12N2O/c1-17-13-8-4-2-7-12(13)16(20)19(17)15-9-5-3-6-11(15)14(17)10-18/h2-9,14H,1H3/t14-,17-/m0/s1. The van der Waals surface area contributed by atoms with Crippen molar-refractivity contribution in [3.8, 4) is 6.07 Å². The van der Waals surface area contributed by atoms with E-state index in [1.54, 1.807) is 4.90 Å². The van der Waals surface area contributed by atoms with Crippen LogP contribution in [0.15, 0.2) is 48.5 Å². The fourth-order valence-electron chi connectivity index (χ4n) is 3.64. The third kappa shape index (κ3) is 1.04. The molecular weight excluding hydrogens is 248 g/mol. The summed E-state index contributed by atoms with van der Waals surface area (Å²) in [5.41, 5.74) is 2.88. The molecule has 96 valence electrons. The minimum Gasteiger partial charge on any atom is -0.296 e. The molecule has 0 spiro atoms. The molecule has 0 aliphatic carbocycles. The van der Waals surface area contributed by atoms with Crippen LogP contribution in [-0.4, -0.2) is 5.91 Å². The van der Waals surface area contributed by atoms with Gasteiger partial charge in [-0.05, 0) is 30.2 Å². The SMILES string of the molecule is C[C@@]12c3ccccc3C(=O)N1c1ccccc1[C@@H]2C#N. The molecule has 0 aromatic heterocycles. The monoisotopic (exact) mass is 260 g/mol. The van der Waals surface area contributed by atoms with Crippen LogP contribution in [-0.2, 0) is 5.54 Å². The summed E-state index contributed by atoms with van der Waals surface area (Å²) < 4.78 is 0. The van der Waals surface area contributed by atoms with Gasteiger partial charge in [-0.2, -0.15) is 5.26 Å².